The summed E-state index contributed by atoms with van der Waals surface area (Å²) in [5.74, 6) is 1.74. The second kappa shape index (κ2) is 5.43. The van der Waals surface area contributed by atoms with Crippen molar-refractivity contribution in [3.05, 3.63) is 76.3 Å². The average Bonchev–Trinajstić information content (AvgIpc) is 2.53. The highest BCUT2D eigenvalue weighted by Crippen LogP contribution is 2.51. The van der Waals surface area contributed by atoms with Crippen molar-refractivity contribution in [1.29, 1.82) is 0 Å². The molecule has 0 aromatic heterocycles. The zero-order valence-corrected chi connectivity index (χ0v) is 14.6. The van der Waals surface area contributed by atoms with Gasteiger partial charge in [-0.1, -0.05) is 39.7 Å². The molecule has 0 saturated heterocycles. The second-order valence-electron chi connectivity index (χ2n) is 5.86. The van der Waals surface area contributed by atoms with E-state index in [2.05, 4.69) is 83.2 Å². The van der Waals surface area contributed by atoms with Crippen LogP contribution in [-0.4, -0.2) is 0 Å². The van der Waals surface area contributed by atoms with E-state index in [0.29, 0.717) is 0 Å². The molecule has 0 unspecified atom stereocenters. The molecule has 0 amide bonds. The van der Waals surface area contributed by atoms with Gasteiger partial charge in [-0.3, -0.25) is 0 Å². The molecular formula is C20H16BrNO. The Morgan fingerprint density at radius 2 is 1.35 bits per heavy atom. The fourth-order valence-corrected chi connectivity index (χ4v) is 3.20. The lowest BCUT2D eigenvalue weighted by Gasteiger charge is -2.33. The summed E-state index contributed by atoms with van der Waals surface area (Å²) >= 11 is 3.53. The Balaban J connectivity index is 1.95. The largest absolute Gasteiger partial charge is 0.453 e. The smallest absolute Gasteiger partial charge is 0.152 e. The van der Waals surface area contributed by atoms with Crippen molar-refractivity contribution in [2.75, 3.05) is 4.90 Å². The van der Waals surface area contributed by atoms with Crippen LogP contribution in [0.1, 0.15) is 11.1 Å². The summed E-state index contributed by atoms with van der Waals surface area (Å²) in [4.78, 5) is 2.25. The standard InChI is InChI=1S/C20H16BrNO/c1-13-3-7-16(8-4-13)22-17-9-5-14(2)11-19(17)23-20-12-15(21)6-10-18(20)22/h3-12H,1-2H3. The van der Waals surface area contributed by atoms with Crippen LogP contribution in [-0.2, 0) is 0 Å². The maximum atomic E-state index is 6.14. The number of ether oxygens (including phenoxy) is 1. The number of benzene rings is 3. The SMILES string of the molecule is Cc1ccc(N2c3ccc(C)cc3Oc3cc(Br)ccc32)cc1. The molecule has 0 atom stereocenters. The Hall–Kier alpha value is -2.26. The van der Waals surface area contributed by atoms with Gasteiger partial charge in [-0.05, 0) is 61.9 Å². The van der Waals surface area contributed by atoms with Crippen LogP contribution >= 0.6 is 15.9 Å². The molecule has 1 aliphatic rings. The third kappa shape index (κ3) is 2.51. The number of aryl methyl sites for hydroxylation is 2. The number of hydrogen-bond donors (Lipinski definition) is 0. The van der Waals surface area contributed by atoms with E-state index in [-0.39, 0.29) is 0 Å². The highest BCUT2D eigenvalue weighted by molar-refractivity contribution is 9.10. The van der Waals surface area contributed by atoms with Crippen LogP contribution in [0.4, 0.5) is 17.1 Å². The predicted molar refractivity (Wildman–Crippen MR) is 98.4 cm³/mol. The first-order valence-electron chi connectivity index (χ1n) is 7.57. The summed E-state index contributed by atoms with van der Waals surface area (Å²) in [6.07, 6.45) is 0. The molecule has 1 aliphatic heterocycles. The fraction of sp³-hybridized carbons (Fsp3) is 0.100. The molecule has 0 N–H and O–H groups in total. The lowest BCUT2D eigenvalue weighted by molar-refractivity contribution is 0.476. The van der Waals surface area contributed by atoms with Crippen molar-refractivity contribution in [2.45, 2.75) is 13.8 Å². The van der Waals surface area contributed by atoms with E-state index >= 15 is 0 Å². The Bertz CT molecular complexity index is 835. The molecule has 0 radical (unpaired) electrons. The highest BCUT2D eigenvalue weighted by Gasteiger charge is 2.25. The van der Waals surface area contributed by atoms with Crippen LogP contribution in [0.3, 0.4) is 0 Å². The minimum absolute atomic E-state index is 0.859. The molecule has 3 heteroatoms. The normalized spacial score (nSPS) is 12.4. The predicted octanol–water partition coefficient (Wildman–Crippen LogP) is 6.64. The quantitative estimate of drug-likeness (QED) is 0.374. The Kier molecular flexibility index (Phi) is 3.38. The van der Waals surface area contributed by atoms with Crippen LogP contribution in [0.15, 0.2) is 65.1 Å². The van der Waals surface area contributed by atoms with E-state index in [0.717, 1.165) is 33.0 Å². The van der Waals surface area contributed by atoms with Crippen LogP contribution < -0.4 is 9.64 Å². The molecule has 0 aliphatic carbocycles. The number of rotatable bonds is 1. The lowest BCUT2D eigenvalue weighted by atomic mass is 10.1. The Labute approximate surface area is 144 Å². The number of halogens is 1. The van der Waals surface area contributed by atoms with Gasteiger partial charge in [0, 0.05) is 10.2 Å². The molecule has 4 rings (SSSR count). The number of nitrogens with zero attached hydrogens (tertiary/aromatic N) is 1. The molecular weight excluding hydrogens is 350 g/mol. The van der Waals surface area contributed by atoms with Crippen molar-refractivity contribution in [2.24, 2.45) is 0 Å². The first-order chi connectivity index (χ1) is 11.1. The monoisotopic (exact) mass is 365 g/mol. The van der Waals surface area contributed by atoms with Gasteiger partial charge in [0.15, 0.2) is 11.5 Å². The maximum Gasteiger partial charge on any atom is 0.152 e. The zero-order chi connectivity index (χ0) is 16.0. The number of hydrogen-bond acceptors (Lipinski definition) is 2. The van der Waals surface area contributed by atoms with Gasteiger partial charge in [0.05, 0.1) is 11.4 Å². The number of anilines is 3. The van der Waals surface area contributed by atoms with Gasteiger partial charge in [-0.25, -0.2) is 0 Å². The van der Waals surface area contributed by atoms with E-state index < -0.39 is 0 Å². The minimum atomic E-state index is 0.859. The van der Waals surface area contributed by atoms with Crippen molar-refractivity contribution < 1.29 is 4.74 Å². The van der Waals surface area contributed by atoms with E-state index in [1.54, 1.807) is 0 Å². The molecule has 1 heterocycles. The first kappa shape index (κ1) is 14.3. The fourth-order valence-electron chi connectivity index (χ4n) is 2.86. The van der Waals surface area contributed by atoms with E-state index in [9.17, 15) is 0 Å². The summed E-state index contributed by atoms with van der Waals surface area (Å²) < 4.78 is 7.15. The van der Waals surface area contributed by atoms with Crippen LogP contribution in [0.2, 0.25) is 0 Å². The molecule has 0 spiro atoms. The zero-order valence-electron chi connectivity index (χ0n) is 13.0. The van der Waals surface area contributed by atoms with Gasteiger partial charge in [0.2, 0.25) is 0 Å². The summed E-state index contributed by atoms with van der Waals surface area (Å²) in [5.41, 5.74) is 5.68. The van der Waals surface area contributed by atoms with Crippen molar-refractivity contribution in [1.82, 2.24) is 0 Å². The molecule has 0 fully saturated rings. The maximum absolute atomic E-state index is 6.14. The highest BCUT2D eigenvalue weighted by atomic mass is 79.9. The number of fused-ring (bicyclic) bond motifs is 2. The van der Waals surface area contributed by atoms with Gasteiger partial charge in [-0.15, -0.1) is 0 Å². The summed E-state index contributed by atoms with van der Waals surface area (Å²) in [6.45, 7) is 4.18. The Morgan fingerprint density at radius 3 is 2.09 bits per heavy atom. The van der Waals surface area contributed by atoms with Crippen LogP contribution in [0, 0.1) is 13.8 Å². The van der Waals surface area contributed by atoms with Gasteiger partial charge in [0.25, 0.3) is 0 Å². The average molecular weight is 366 g/mol. The van der Waals surface area contributed by atoms with Crippen LogP contribution in [0.5, 0.6) is 11.5 Å². The van der Waals surface area contributed by atoms with Crippen molar-refractivity contribution >= 4 is 33.0 Å². The Morgan fingerprint density at radius 1 is 0.739 bits per heavy atom. The summed E-state index contributed by atoms with van der Waals surface area (Å²) in [5, 5.41) is 0. The van der Waals surface area contributed by atoms with Crippen molar-refractivity contribution in [3.8, 4) is 11.5 Å². The first-order valence-corrected chi connectivity index (χ1v) is 8.36. The molecule has 0 bridgehead atoms. The minimum Gasteiger partial charge on any atom is -0.453 e. The van der Waals surface area contributed by atoms with Gasteiger partial charge in [-0.2, -0.15) is 0 Å². The van der Waals surface area contributed by atoms with Gasteiger partial charge in [0.1, 0.15) is 0 Å². The molecule has 2 nitrogen and oxygen atoms in total. The third-order valence-corrected chi connectivity index (χ3v) is 4.52. The van der Waals surface area contributed by atoms with Crippen LogP contribution in [0.25, 0.3) is 0 Å². The van der Waals surface area contributed by atoms with Gasteiger partial charge < -0.3 is 9.64 Å². The second-order valence-corrected chi connectivity index (χ2v) is 6.77. The van der Waals surface area contributed by atoms with E-state index in [4.69, 9.17) is 4.74 Å². The third-order valence-electron chi connectivity index (χ3n) is 4.03. The topological polar surface area (TPSA) is 12.5 Å². The van der Waals surface area contributed by atoms with E-state index in [1.165, 1.54) is 11.1 Å². The lowest BCUT2D eigenvalue weighted by Crippen LogP contribution is -2.15. The van der Waals surface area contributed by atoms with E-state index in [1.807, 2.05) is 12.1 Å². The molecule has 114 valence electrons. The summed E-state index contributed by atoms with van der Waals surface area (Å²) in [6, 6.07) is 21.0. The van der Waals surface area contributed by atoms with Crippen molar-refractivity contribution in [3.63, 3.8) is 0 Å². The molecule has 23 heavy (non-hydrogen) atoms. The summed E-state index contributed by atoms with van der Waals surface area (Å²) in [7, 11) is 0. The molecule has 0 saturated carbocycles. The molecule has 3 aromatic rings. The van der Waals surface area contributed by atoms with Gasteiger partial charge >= 0.3 is 0 Å². The molecule has 3 aromatic carbocycles.